The molecule has 1 saturated heterocycles. The zero-order chi connectivity index (χ0) is 28.7. The van der Waals surface area contributed by atoms with Crippen LogP contribution in [0.4, 0.5) is 0 Å². The lowest BCUT2D eigenvalue weighted by atomic mass is 9.46. The Balaban J connectivity index is 1.15. The maximum atomic E-state index is 13.4. The van der Waals surface area contributed by atoms with Crippen LogP contribution in [0.3, 0.4) is 0 Å². The maximum Gasteiger partial charge on any atom is 0.306 e. The first-order valence-electron chi connectivity index (χ1n) is 15.2. The Bertz CT molecular complexity index is 1120. The Hall–Kier alpha value is -2.55. The number of hydrogen-bond donors (Lipinski definition) is 3. The van der Waals surface area contributed by atoms with Crippen LogP contribution >= 0.6 is 0 Å². The van der Waals surface area contributed by atoms with E-state index in [9.17, 15) is 29.1 Å². The Kier molecular flexibility index (Phi) is 7.98. The minimum atomic E-state index is -1.55. The molecule has 1 heterocycles. The summed E-state index contributed by atoms with van der Waals surface area (Å²) in [5, 5.41) is 17.2. The first-order chi connectivity index (χ1) is 19.0. The highest BCUT2D eigenvalue weighted by Crippen LogP contribution is 2.67. The highest BCUT2D eigenvalue weighted by atomic mass is 16.5. The van der Waals surface area contributed by atoms with Crippen LogP contribution in [0.15, 0.2) is 11.6 Å². The molecule has 3 unspecified atom stereocenters. The van der Waals surface area contributed by atoms with Gasteiger partial charge in [-0.3, -0.25) is 24.0 Å². The van der Waals surface area contributed by atoms with Crippen LogP contribution in [-0.4, -0.2) is 59.3 Å². The summed E-state index contributed by atoms with van der Waals surface area (Å²) in [5.41, 5.74) is -0.827. The number of carbonyl (C=O) groups excluding carboxylic acids is 5. The number of amides is 2. The van der Waals surface area contributed by atoms with E-state index in [1.54, 1.807) is 0 Å². The molecule has 40 heavy (non-hydrogen) atoms. The van der Waals surface area contributed by atoms with Crippen molar-refractivity contribution in [2.75, 3.05) is 13.2 Å². The van der Waals surface area contributed by atoms with Crippen molar-refractivity contribution in [3.8, 4) is 0 Å². The van der Waals surface area contributed by atoms with E-state index in [0.717, 1.165) is 51.4 Å². The average Bonchev–Trinajstić information content (AvgIpc) is 3.05. The number of nitrogens with one attached hydrogen (secondary N) is 2. The lowest BCUT2D eigenvalue weighted by molar-refractivity contribution is -0.170. The number of hydrogen-bond acceptors (Lipinski definition) is 7. The first kappa shape index (κ1) is 29.0. The van der Waals surface area contributed by atoms with Crippen LogP contribution in [0.2, 0.25) is 0 Å². The third-order valence-corrected chi connectivity index (χ3v) is 11.4. The molecule has 0 aromatic heterocycles. The Morgan fingerprint density at radius 3 is 2.58 bits per heavy atom. The topological polar surface area (TPSA) is 139 Å². The number of rotatable bonds is 7. The molecule has 3 saturated carbocycles. The van der Waals surface area contributed by atoms with Crippen LogP contribution in [0.25, 0.3) is 0 Å². The number of ether oxygens (including phenoxy) is 1. The SMILES string of the molecule is C[C@@]12CCC(=O)C=C1CCC1C2CC[C@]2(C)C1CC[C@@]2(O)C(=O)COC(=O)CCC(=O)N[C@@H]1CCCCNC1=O. The minimum Gasteiger partial charge on any atom is -0.458 e. The van der Waals surface area contributed by atoms with Crippen LogP contribution in [0.1, 0.15) is 97.3 Å². The molecule has 7 atom stereocenters. The number of esters is 1. The van der Waals surface area contributed by atoms with Crippen LogP contribution in [0, 0.1) is 28.6 Å². The minimum absolute atomic E-state index is 0.0186. The van der Waals surface area contributed by atoms with Gasteiger partial charge in [0.25, 0.3) is 0 Å². The van der Waals surface area contributed by atoms with Gasteiger partial charge in [-0.05, 0) is 93.5 Å². The Morgan fingerprint density at radius 2 is 1.77 bits per heavy atom. The van der Waals surface area contributed by atoms with Crippen LogP contribution < -0.4 is 10.6 Å². The molecule has 4 aliphatic carbocycles. The lowest BCUT2D eigenvalue weighted by Gasteiger charge is -2.58. The van der Waals surface area contributed by atoms with Crippen molar-refractivity contribution in [3.05, 3.63) is 11.6 Å². The van der Waals surface area contributed by atoms with E-state index in [1.165, 1.54) is 5.57 Å². The fraction of sp³-hybridized carbons (Fsp3) is 0.774. The standard InChI is InChI=1S/C31H44N2O7/c1-29-13-10-20(34)17-19(29)6-7-21-22(29)11-14-30(2)23(21)12-15-31(30,39)25(35)18-40-27(37)9-8-26(36)33-24-5-3-4-16-32-28(24)38/h17,21-24,39H,3-16,18H2,1-2H3,(H,32,38)(H,33,36)/t21?,22?,23?,24-,29-,30-,31-/m1/s1. The molecule has 9 nitrogen and oxygen atoms in total. The number of carbonyl (C=O) groups is 5. The molecule has 0 aromatic rings. The van der Waals surface area contributed by atoms with E-state index in [1.807, 2.05) is 13.0 Å². The summed E-state index contributed by atoms with van der Waals surface area (Å²) in [4.78, 5) is 62.2. The molecular weight excluding hydrogens is 512 g/mol. The number of fused-ring (bicyclic) bond motifs is 5. The summed E-state index contributed by atoms with van der Waals surface area (Å²) in [5.74, 6) is -0.476. The number of ketones is 2. The molecule has 2 amide bonds. The number of aliphatic hydroxyl groups is 1. The van der Waals surface area contributed by atoms with Crippen molar-refractivity contribution in [2.24, 2.45) is 28.6 Å². The highest BCUT2D eigenvalue weighted by molar-refractivity contribution is 5.92. The predicted molar refractivity (Wildman–Crippen MR) is 146 cm³/mol. The van der Waals surface area contributed by atoms with E-state index in [2.05, 4.69) is 17.6 Å². The molecule has 3 N–H and O–H groups in total. The summed E-state index contributed by atoms with van der Waals surface area (Å²) in [6.45, 7) is 4.43. The first-order valence-corrected chi connectivity index (χ1v) is 15.2. The molecule has 4 fully saturated rings. The quantitative estimate of drug-likeness (QED) is 0.410. The van der Waals surface area contributed by atoms with Gasteiger partial charge in [-0.25, -0.2) is 0 Å². The van der Waals surface area contributed by atoms with Crippen molar-refractivity contribution < 1.29 is 33.8 Å². The summed E-state index contributed by atoms with van der Waals surface area (Å²) in [6, 6.07) is -0.594. The second-order valence-corrected chi connectivity index (χ2v) is 13.3. The maximum absolute atomic E-state index is 13.4. The van der Waals surface area contributed by atoms with Gasteiger partial charge in [-0.2, -0.15) is 0 Å². The molecule has 0 radical (unpaired) electrons. The van der Waals surface area contributed by atoms with Crippen LogP contribution in [-0.2, 0) is 28.7 Å². The molecule has 5 rings (SSSR count). The molecule has 220 valence electrons. The molecule has 0 aromatic carbocycles. The largest absolute Gasteiger partial charge is 0.458 e. The molecule has 0 bridgehead atoms. The number of Topliss-reactive ketones (excluding diaryl/α,β-unsaturated/α-hetero) is 1. The fourth-order valence-corrected chi connectivity index (χ4v) is 8.93. The summed E-state index contributed by atoms with van der Waals surface area (Å²) < 4.78 is 5.24. The van der Waals surface area contributed by atoms with Crippen LogP contribution in [0.5, 0.6) is 0 Å². The average molecular weight is 557 g/mol. The van der Waals surface area contributed by atoms with Gasteiger partial charge in [-0.1, -0.05) is 19.4 Å². The van der Waals surface area contributed by atoms with Gasteiger partial charge in [0.15, 0.2) is 12.4 Å². The van der Waals surface area contributed by atoms with Crippen molar-refractivity contribution in [1.82, 2.24) is 10.6 Å². The highest BCUT2D eigenvalue weighted by Gasteiger charge is 2.66. The number of allylic oxidation sites excluding steroid dienone is 1. The monoisotopic (exact) mass is 556 g/mol. The van der Waals surface area contributed by atoms with E-state index in [0.29, 0.717) is 37.6 Å². The zero-order valence-electron chi connectivity index (χ0n) is 23.9. The van der Waals surface area contributed by atoms with Gasteiger partial charge in [0.2, 0.25) is 17.6 Å². The van der Waals surface area contributed by atoms with E-state index in [4.69, 9.17) is 4.74 Å². The summed E-state index contributed by atoms with van der Waals surface area (Å²) in [7, 11) is 0. The van der Waals surface area contributed by atoms with E-state index >= 15 is 0 Å². The molecular formula is C31H44N2O7. The normalized spacial score (nSPS) is 39.0. The van der Waals surface area contributed by atoms with Gasteiger partial charge in [-0.15, -0.1) is 0 Å². The van der Waals surface area contributed by atoms with Gasteiger partial charge in [0.1, 0.15) is 11.6 Å². The van der Waals surface area contributed by atoms with Gasteiger partial charge in [0, 0.05) is 24.8 Å². The smallest absolute Gasteiger partial charge is 0.306 e. The Labute approximate surface area is 236 Å². The fourth-order valence-electron chi connectivity index (χ4n) is 8.93. The second-order valence-electron chi connectivity index (χ2n) is 13.3. The molecule has 0 spiro atoms. The third kappa shape index (κ3) is 5.03. The molecule has 9 heteroatoms. The predicted octanol–water partition coefficient (Wildman–Crippen LogP) is 2.93. The summed E-state index contributed by atoms with van der Waals surface area (Å²) >= 11 is 0. The van der Waals surface area contributed by atoms with Gasteiger partial charge in [0.05, 0.1) is 6.42 Å². The second kappa shape index (κ2) is 11.0. The summed E-state index contributed by atoms with van der Waals surface area (Å²) in [6.07, 6.45) is 9.91. The zero-order valence-corrected chi connectivity index (χ0v) is 23.9. The third-order valence-electron chi connectivity index (χ3n) is 11.4. The van der Waals surface area contributed by atoms with E-state index < -0.39 is 41.3 Å². The van der Waals surface area contributed by atoms with Gasteiger partial charge >= 0.3 is 5.97 Å². The molecule has 1 aliphatic heterocycles. The molecule has 5 aliphatic rings. The van der Waals surface area contributed by atoms with Gasteiger partial charge < -0.3 is 20.5 Å². The Morgan fingerprint density at radius 1 is 1.00 bits per heavy atom. The van der Waals surface area contributed by atoms with Crippen molar-refractivity contribution in [1.29, 1.82) is 0 Å². The van der Waals surface area contributed by atoms with Crippen molar-refractivity contribution in [2.45, 2.75) is 109 Å². The van der Waals surface area contributed by atoms with Crippen molar-refractivity contribution >= 4 is 29.4 Å². The van der Waals surface area contributed by atoms with Crippen molar-refractivity contribution in [3.63, 3.8) is 0 Å². The lowest BCUT2D eigenvalue weighted by Crippen LogP contribution is -2.58. The van der Waals surface area contributed by atoms with E-state index in [-0.39, 0.29) is 35.9 Å².